The number of aromatic nitrogens is 2. The van der Waals surface area contributed by atoms with Gasteiger partial charge in [0.1, 0.15) is 12.4 Å². The molecule has 0 aliphatic heterocycles. The summed E-state index contributed by atoms with van der Waals surface area (Å²) in [6, 6.07) is -0.484. The first-order valence-corrected chi connectivity index (χ1v) is 3.85. The number of hydrogen-bond donors (Lipinski definition) is 3. The summed E-state index contributed by atoms with van der Waals surface area (Å²) in [5, 5.41) is 11.3. The van der Waals surface area contributed by atoms with Crippen molar-refractivity contribution >= 4 is 11.9 Å². The lowest BCUT2D eigenvalue weighted by Gasteiger charge is -2.07. The third-order valence-corrected chi connectivity index (χ3v) is 1.51. The van der Waals surface area contributed by atoms with Crippen molar-refractivity contribution in [2.24, 2.45) is 5.73 Å². The van der Waals surface area contributed by atoms with Gasteiger partial charge in [-0.15, -0.1) is 0 Å². The van der Waals surface area contributed by atoms with Gasteiger partial charge in [0.2, 0.25) is 5.91 Å². The van der Waals surface area contributed by atoms with Crippen LogP contribution in [-0.4, -0.2) is 39.2 Å². The van der Waals surface area contributed by atoms with Gasteiger partial charge in [0.15, 0.2) is 0 Å². The van der Waals surface area contributed by atoms with E-state index in [2.05, 4.69) is 10.3 Å². The maximum absolute atomic E-state index is 11.2. The van der Waals surface area contributed by atoms with E-state index < -0.39 is 18.0 Å². The zero-order valence-electron chi connectivity index (χ0n) is 7.25. The maximum atomic E-state index is 11.2. The van der Waals surface area contributed by atoms with Crippen LogP contribution in [0.5, 0.6) is 0 Å². The summed E-state index contributed by atoms with van der Waals surface area (Å²) in [7, 11) is 0. The Balaban J connectivity index is 2.40. The van der Waals surface area contributed by atoms with Crippen LogP contribution >= 0.6 is 0 Å². The molecule has 1 rings (SSSR count). The number of hydrogen-bond acceptors (Lipinski definition) is 4. The Bertz CT molecular complexity index is 322. The van der Waals surface area contributed by atoms with Crippen LogP contribution in [0.3, 0.4) is 0 Å². The number of aliphatic hydroxyl groups is 1. The number of carbonyl (C=O) groups is 2. The van der Waals surface area contributed by atoms with Crippen LogP contribution in [-0.2, 0) is 4.79 Å². The minimum Gasteiger partial charge on any atom is -0.381 e. The number of aliphatic hydroxyl groups excluding tert-OH is 1. The Morgan fingerprint density at radius 2 is 2.36 bits per heavy atom. The minimum atomic E-state index is -1.37. The summed E-state index contributed by atoms with van der Waals surface area (Å²) in [6.07, 6.45) is 2.80. The van der Waals surface area contributed by atoms with E-state index in [1.807, 2.05) is 0 Å². The van der Waals surface area contributed by atoms with Crippen molar-refractivity contribution in [2.45, 2.75) is 6.10 Å². The van der Waals surface area contributed by atoms with E-state index in [9.17, 15) is 9.59 Å². The lowest BCUT2D eigenvalue weighted by molar-refractivity contribution is -0.125. The lowest BCUT2D eigenvalue weighted by Crippen LogP contribution is -2.41. The summed E-state index contributed by atoms with van der Waals surface area (Å²) in [5.74, 6) is -0.879. The minimum absolute atomic E-state index is 0.216. The predicted molar refractivity (Wildman–Crippen MR) is 46.2 cm³/mol. The molecule has 0 saturated heterocycles. The van der Waals surface area contributed by atoms with Crippen LogP contribution in [0.2, 0.25) is 0 Å². The van der Waals surface area contributed by atoms with Crippen molar-refractivity contribution in [1.82, 2.24) is 14.9 Å². The van der Waals surface area contributed by atoms with Gasteiger partial charge in [-0.2, -0.15) is 0 Å². The van der Waals surface area contributed by atoms with Crippen molar-refractivity contribution in [3.05, 3.63) is 18.7 Å². The maximum Gasteiger partial charge on any atom is 0.326 e. The standard InChI is InChI=1S/C7H10N4O3/c8-6(13)5(12)3-10-7(14)11-2-1-9-4-11/h1-2,4-5,12H,3H2,(H2,8,13)(H,10,14). The van der Waals surface area contributed by atoms with E-state index in [1.54, 1.807) is 0 Å². The third-order valence-electron chi connectivity index (χ3n) is 1.51. The molecule has 0 saturated carbocycles. The van der Waals surface area contributed by atoms with Crippen LogP contribution < -0.4 is 11.1 Å². The number of nitrogens with zero attached hydrogens (tertiary/aromatic N) is 2. The van der Waals surface area contributed by atoms with Crippen molar-refractivity contribution in [2.75, 3.05) is 6.54 Å². The average Bonchev–Trinajstić information content (AvgIpc) is 2.66. The average molecular weight is 198 g/mol. The smallest absolute Gasteiger partial charge is 0.326 e. The summed E-state index contributed by atoms with van der Waals surface area (Å²) in [6.45, 7) is -0.216. The fourth-order valence-electron chi connectivity index (χ4n) is 0.755. The third kappa shape index (κ3) is 2.56. The molecule has 7 heteroatoms. The molecule has 1 aromatic heterocycles. The van der Waals surface area contributed by atoms with Gasteiger partial charge >= 0.3 is 6.03 Å². The van der Waals surface area contributed by atoms with Gasteiger partial charge in [0, 0.05) is 12.4 Å². The first-order valence-electron chi connectivity index (χ1n) is 3.85. The molecular formula is C7H10N4O3. The van der Waals surface area contributed by atoms with Gasteiger partial charge in [-0.25, -0.2) is 9.78 Å². The van der Waals surface area contributed by atoms with Gasteiger partial charge in [-0.05, 0) is 0 Å². The molecule has 1 unspecified atom stereocenters. The van der Waals surface area contributed by atoms with Gasteiger partial charge in [-0.3, -0.25) is 9.36 Å². The van der Waals surface area contributed by atoms with Gasteiger partial charge < -0.3 is 16.2 Å². The van der Waals surface area contributed by atoms with Crippen LogP contribution in [0.1, 0.15) is 0 Å². The van der Waals surface area contributed by atoms with Crippen LogP contribution in [0.25, 0.3) is 0 Å². The molecule has 1 atom stereocenters. The fraction of sp³-hybridized carbons (Fsp3) is 0.286. The largest absolute Gasteiger partial charge is 0.381 e. The summed E-state index contributed by atoms with van der Waals surface area (Å²) >= 11 is 0. The highest BCUT2D eigenvalue weighted by Crippen LogP contribution is 1.85. The van der Waals surface area contributed by atoms with E-state index in [1.165, 1.54) is 23.3 Å². The van der Waals surface area contributed by atoms with Gasteiger partial charge in [-0.1, -0.05) is 0 Å². The van der Waals surface area contributed by atoms with E-state index in [0.29, 0.717) is 0 Å². The van der Waals surface area contributed by atoms with E-state index >= 15 is 0 Å². The number of imidazole rings is 1. The van der Waals surface area contributed by atoms with Crippen molar-refractivity contribution in [3.8, 4) is 0 Å². The normalized spacial score (nSPS) is 12.1. The number of rotatable bonds is 3. The van der Waals surface area contributed by atoms with Gasteiger partial charge in [0.25, 0.3) is 0 Å². The number of nitrogens with one attached hydrogen (secondary N) is 1. The molecule has 2 amide bonds. The fourth-order valence-corrected chi connectivity index (χ4v) is 0.755. The number of carbonyl (C=O) groups excluding carboxylic acids is 2. The lowest BCUT2D eigenvalue weighted by atomic mass is 10.3. The molecule has 0 aliphatic rings. The molecule has 14 heavy (non-hydrogen) atoms. The molecular weight excluding hydrogens is 188 g/mol. The first kappa shape index (κ1) is 10.2. The highest BCUT2D eigenvalue weighted by Gasteiger charge is 2.12. The zero-order chi connectivity index (χ0) is 10.6. The first-order chi connectivity index (χ1) is 6.61. The zero-order valence-corrected chi connectivity index (χ0v) is 7.25. The molecule has 1 aromatic rings. The molecule has 76 valence electrons. The second kappa shape index (κ2) is 4.38. The Kier molecular flexibility index (Phi) is 3.19. The summed E-state index contributed by atoms with van der Waals surface area (Å²) in [5.41, 5.74) is 4.78. The van der Waals surface area contributed by atoms with Crippen LogP contribution in [0.15, 0.2) is 18.7 Å². The van der Waals surface area contributed by atoms with Crippen LogP contribution in [0.4, 0.5) is 4.79 Å². The summed E-state index contributed by atoms with van der Waals surface area (Å²) < 4.78 is 1.17. The molecule has 0 bridgehead atoms. The van der Waals surface area contributed by atoms with E-state index in [4.69, 9.17) is 10.8 Å². The van der Waals surface area contributed by atoms with E-state index in [0.717, 1.165) is 0 Å². The Labute approximate surface area is 79.5 Å². The quantitative estimate of drug-likeness (QED) is 0.536. The monoisotopic (exact) mass is 198 g/mol. The Hall–Kier alpha value is -1.89. The Morgan fingerprint density at radius 3 is 2.86 bits per heavy atom. The second-order valence-electron chi connectivity index (χ2n) is 2.57. The Morgan fingerprint density at radius 1 is 1.64 bits per heavy atom. The van der Waals surface area contributed by atoms with Crippen molar-refractivity contribution < 1.29 is 14.7 Å². The molecule has 0 spiro atoms. The predicted octanol–water partition coefficient (Wildman–Crippen LogP) is -1.71. The summed E-state index contributed by atoms with van der Waals surface area (Å²) in [4.78, 5) is 25.2. The second-order valence-corrected chi connectivity index (χ2v) is 2.57. The van der Waals surface area contributed by atoms with Crippen LogP contribution in [0, 0.1) is 0 Å². The number of primary amides is 1. The van der Waals surface area contributed by atoms with E-state index in [-0.39, 0.29) is 6.54 Å². The van der Waals surface area contributed by atoms with Crippen molar-refractivity contribution in [1.29, 1.82) is 0 Å². The molecule has 0 radical (unpaired) electrons. The molecule has 1 heterocycles. The SMILES string of the molecule is NC(=O)C(O)CNC(=O)n1ccnc1. The molecule has 4 N–H and O–H groups in total. The molecule has 7 nitrogen and oxygen atoms in total. The number of amides is 2. The van der Waals surface area contributed by atoms with Crippen molar-refractivity contribution in [3.63, 3.8) is 0 Å². The molecule has 0 aliphatic carbocycles. The topological polar surface area (TPSA) is 110 Å². The highest BCUT2D eigenvalue weighted by atomic mass is 16.3. The molecule has 0 aromatic carbocycles. The number of nitrogens with two attached hydrogens (primary N) is 1. The highest BCUT2D eigenvalue weighted by molar-refractivity contribution is 5.81. The molecule has 0 fully saturated rings. The van der Waals surface area contributed by atoms with Gasteiger partial charge in [0.05, 0.1) is 6.54 Å².